The standard InChI is InChI=1S/C11H18N2O2/c1-3-11(4-2)9(14)12-7-5-6-8-13(12)10(11)15/h3-8H2,1-2H3. The fraction of sp³-hybridized carbons (Fsp3) is 0.818. The topological polar surface area (TPSA) is 40.6 Å². The Labute approximate surface area is 90.2 Å². The highest BCUT2D eigenvalue weighted by molar-refractivity contribution is 6.09. The van der Waals surface area contributed by atoms with Crippen LogP contribution in [0.3, 0.4) is 0 Å². The lowest BCUT2D eigenvalue weighted by molar-refractivity contribution is -0.150. The molecule has 0 aromatic rings. The number of hydrogen-bond donors (Lipinski definition) is 0. The zero-order valence-corrected chi connectivity index (χ0v) is 9.45. The van der Waals surface area contributed by atoms with E-state index >= 15 is 0 Å². The molecule has 0 saturated carbocycles. The van der Waals surface area contributed by atoms with Gasteiger partial charge in [0.25, 0.3) is 11.8 Å². The van der Waals surface area contributed by atoms with Gasteiger partial charge in [0, 0.05) is 13.1 Å². The van der Waals surface area contributed by atoms with E-state index in [1.54, 1.807) is 10.0 Å². The van der Waals surface area contributed by atoms with E-state index in [0.717, 1.165) is 12.8 Å². The molecule has 2 fully saturated rings. The third-order valence-corrected chi connectivity index (χ3v) is 3.78. The van der Waals surface area contributed by atoms with Gasteiger partial charge < -0.3 is 0 Å². The van der Waals surface area contributed by atoms with Gasteiger partial charge in [-0.2, -0.15) is 0 Å². The number of rotatable bonds is 2. The Balaban J connectivity index is 2.36. The molecule has 84 valence electrons. The lowest BCUT2D eigenvalue weighted by Gasteiger charge is -2.31. The highest BCUT2D eigenvalue weighted by Crippen LogP contribution is 2.39. The number of hydrazine groups is 1. The molecule has 0 N–H and O–H groups in total. The molecule has 0 spiro atoms. The fourth-order valence-electron chi connectivity index (χ4n) is 2.63. The van der Waals surface area contributed by atoms with E-state index in [9.17, 15) is 9.59 Å². The summed E-state index contributed by atoms with van der Waals surface area (Å²) in [5.41, 5.74) is -0.746. The average Bonchev–Trinajstić information content (AvgIpc) is 2.51. The van der Waals surface area contributed by atoms with E-state index in [1.165, 1.54) is 0 Å². The second kappa shape index (κ2) is 3.51. The van der Waals surface area contributed by atoms with E-state index in [0.29, 0.717) is 25.9 Å². The maximum atomic E-state index is 12.2. The Morgan fingerprint density at radius 2 is 1.40 bits per heavy atom. The molecule has 4 heteroatoms. The van der Waals surface area contributed by atoms with Crippen LogP contribution in [0.25, 0.3) is 0 Å². The number of amides is 2. The molecular formula is C11H18N2O2. The SMILES string of the molecule is CCC1(CC)C(=O)N2CCCCN2C1=O. The fourth-order valence-corrected chi connectivity index (χ4v) is 2.63. The minimum atomic E-state index is -0.746. The van der Waals surface area contributed by atoms with E-state index in [4.69, 9.17) is 0 Å². The van der Waals surface area contributed by atoms with Crippen molar-refractivity contribution in [2.24, 2.45) is 5.41 Å². The normalized spacial score (nSPS) is 24.7. The minimum Gasteiger partial charge on any atom is -0.272 e. The molecule has 2 rings (SSSR count). The van der Waals surface area contributed by atoms with Crippen LogP contribution in [-0.4, -0.2) is 34.9 Å². The number of carbonyl (C=O) groups is 2. The van der Waals surface area contributed by atoms with E-state index in [2.05, 4.69) is 0 Å². The van der Waals surface area contributed by atoms with Gasteiger partial charge in [0.15, 0.2) is 0 Å². The molecular weight excluding hydrogens is 192 g/mol. The summed E-state index contributed by atoms with van der Waals surface area (Å²) in [6.45, 7) is 5.29. The maximum Gasteiger partial charge on any atom is 0.256 e. The first-order chi connectivity index (χ1) is 7.17. The lowest BCUT2D eigenvalue weighted by Crippen LogP contribution is -2.45. The minimum absolute atomic E-state index is 0.0252. The summed E-state index contributed by atoms with van der Waals surface area (Å²) in [5, 5.41) is 3.33. The number of hydrogen-bond acceptors (Lipinski definition) is 2. The molecule has 0 aliphatic carbocycles. The lowest BCUT2D eigenvalue weighted by atomic mass is 9.81. The first-order valence-corrected chi connectivity index (χ1v) is 5.81. The van der Waals surface area contributed by atoms with Gasteiger partial charge in [-0.25, -0.2) is 0 Å². The Morgan fingerprint density at radius 1 is 1.00 bits per heavy atom. The molecule has 15 heavy (non-hydrogen) atoms. The Kier molecular flexibility index (Phi) is 2.44. The maximum absolute atomic E-state index is 12.2. The van der Waals surface area contributed by atoms with Gasteiger partial charge in [0.2, 0.25) is 0 Å². The van der Waals surface area contributed by atoms with E-state index < -0.39 is 5.41 Å². The van der Waals surface area contributed by atoms with Crippen molar-refractivity contribution in [3.8, 4) is 0 Å². The zero-order valence-electron chi connectivity index (χ0n) is 9.45. The Hall–Kier alpha value is -1.06. The van der Waals surface area contributed by atoms with Crippen molar-refractivity contribution >= 4 is 11.8 Å². The van der Waals surface area contributed by atoms with Crippen molar-refractivity contribution in [1.82, 2.24) is 10.0 Å². The number of nitrogens with zero attached hydrogens (tertiary/aromatic N) is 2. The number of carbonyl (C=O) groups excluding carboxylic acids is 2. The van der Waals surface area contributed by atoms with Crippen LogP contribution in [-0.2, 0) is 9.59 Å². The van der Waals surface area contributed by atoms with Gasteiger partial charge in [-0.3, -0.25) is 19.6 Å². The molecule has 0 radical (unpaired) electrons. The van der Waals surface area contributed by atoms with Crippen LogP contribution in [0.15, 0.2) is 0 Å². The molecule has 0 bridgehead atoms. The average molecular weight is 210 g/mol. The second-order valence-corrected chi connectivity index (χ2v) is 4.35. The summed E-state index contributed by atoms with van der Waals surface area (Å²) in [4.78, 5) is 24.4. The third-order valence-electron chi connectivity index (χ3n) is 3.78. The summed E-state index contributed by atoms with van der Waals surface area (Å²) < 4.78 is 0. The largest absolute Gasteiger partial charge is 0.272 e. The molecule has 0 atom stereocenters. The molecule has 2 aliphatic heterocycles. The van der Waals surface area contributed by atoms with Gasteiger partial charge >= 0.3 is 0 Å². The molecule has 4 nitrogen and oxygen atoms in total. The molecule has 2 aliphatic rings. The number of fused-ring (bicyclic) bond motifs is 1. The van der Waals surface area contributed by atoms with Crippen molar-refractivity contribution in [3.05, 3.63) is 0 Å². The van der Waals surface area contributed by atoms with Gasteiger partial charge in [0.05, 0.1) is 0 Å². The van der Waals surface area contributed by atoms with Crippen molar-refractivity contribution < 1.29 is 9.59 Å². The molecule has 0 aromatic heterocycles. The van der Waals surface area contributed by atoms with E-state index in [-0.39, 0.29) is 11.8 Å². The molecule has 2 amide bonds. The van der Waals surface area contributed by atoms with Crippen LogP contribution in [0, 0.1) is 5.41 Å². The van der Waals surface area contributed by atoms with Crippen LogP contribution in [0.2, 0.25) is 0 Å². The predicted molar refractivity (Wildman–Crippen MR) is 55.7 cm³/mol. The van der Waals surface area contributed by atoms with Crippen LogP contribution in [0.1, 0.15) is 39.5 Å². The van der Waals surface area contributed by atoms with Crippen molar-refractivity contribution in [1.29, 1.82) is 0 Å². The van der Waals surface area contributed by atoms with Gasteiger partial charge in [-0.05, 0) is 25.7 Å². The highest BCUT2D eigenvalue weighted by atomic mass is 16.2. The Bertz CT molecular complexity index is 271. The van der Waals surface area contributed by atoms with Crippen LogP contribution >= 0.6 is 0 Å². The van der Waals surface area contributed by atoms with E-state index in [1.807, 2.05) is 13.8 Å². The smallest absolute Gasteiger partial charge is 0.256 e. The molecule has 2 heterocycles. The van der Waals surface area contributed by atoms with Gasteiger partial charge in [0.1, 0.15) is 5.41 Å². The quantitative estimate of drug-likeness (QED) is 0.642. The monoisotopic (exact) mass is 210 g/mol. The highest BCUT2D eigenvalue weighted by Gasteiger charge is 2.56. The first-order valence-electron chi connectivity index (χ1n) is 5.81. The van der Waals surface area contributed by atoms with Crippen LogP contribution in [0.5, 0.6) is 0 Å². The summed E-state index contributed by atoms with van der Waals surface area (Å²) in [6.07, 6.45) is 3.26. The van der Waals surface area contributed by atoms with Crippen LogP contribution < -0.4 is 0 Å². The molecule has 0 unspecified atom stereocenters. The second-order valence-electron chi connectivity index (χ2n) is 4.35. The molecule has 0 aromatic carbocycles. The summed E-state index contributed by atoms with van der Waals surface area (Å²) in [7, 11) is 0. The predicted octanol–water partition coefficient (Wildman–Crippen LogP) is 1.17. The Morgan fingerprint density at radius 3 is 1.73 bits per heavy atom. The summed E-state index contributed by atoms with van der Waals surface area (Å²) in [5.74, 6) is 0.0504. The summed E-state index contributed by atoms with van der Waals surface area (Å²) in [6, 6.07) is 0. The van der Waals surface area contributed by atoms with Crippen molar-refractivity contribution in [3.63, 3.8) is 0 Å². The summed E-state index contributed by atoms with van der Waals surface area (Å²) >= 11 is 0. The third kappa shape index (κ3) is 1.20. The van der Waals surface area contributed by atoms with Crippen molar-refractivity contribution in [2.75, 3.05) is 13.1 Å². The van der Waals surface area contributed by atoms with Gasteiger partial charge in [-0.15, -0.1) is 0 Å². The van der Waals surface area contributed by atoms with Crippen molar-refractivity contribution in [2.45, 2.75) is 39.5 Å². The first kappa shape index (κ1) is 10.5. The van der Waals surface area contributed by atoms with Gasteiger partial charge in [-0.1, -0.05) is 13.8 Å². The zero-order chi connectivity index (χ0) is 11.1. The molecule has 2 saturated heterocycles. The van der Waals surface area contributed by atoms with Crippen LogP contribution in [0.4, 0.5) is 0 Å².